The lowest BCUT2D eigenvalue weighted by Crippen LogP contribution is -2.40. The molecule has 2 aliphatic heterocycles. The molecular formula is C21H29N3O5. The number of imide groups is 1. The van der Waals surface area contributed by atoms with E-state index in [-0.39, 0.29) is 30.8 Å². The predicted molar refractivity (Wildman–Crippen MR) is 107 cm³/mol. The summed E-state index contributed by atoms with van der Waals surface area (Å²) in [7, 11) is 3.13. The molecule has 8 nitrogen and oxygen atoms in total. The lowest BCUT2D eigenvalue weighted by molar-refractivity contribution is -0.129. The minimum atomic E-state index is -0.530. The summed E-state index contributed by atoms with van der Waals surface area (Å²) in [5, 5.41) is 2.84. The van der Waals surface area contributed by atoms with E-state index in [4.69, 9.17) is 9.47 Å². The third kappa shape index (κ3) is 4.31. The molecule has 2 aliphatic rings. The molecule has 1 aromatic rings. The molecule has 0 saturated carbocycles. The first-order valence-corrected chi connectivity index (χ1v) is 9.98. The lowest BCUT2D eigenvalue weighted by atomic mass is 9.94. The molecule has 3 rings (SSSR count). The molecule has 0 aliphatic carbocycles. The number of fused-ring (bicyclic) bond motifs is 2. The number of amides is 4. The normalized spacial score (nSPS) is 18.0. The van der Waals surface area contributed by atoms with Gasteiger partial charge in [0, 0.05) is 32.5 Å². The zero-order chi connectivity index (χ0) is 21.1. The highest BCUT2D eigenvalue weighted by Gasteiger charge is 2.47. The van der Waals surface area contributed by atoms with Crippen molar-refractivity contribution in [3.05, 3.63) is 23.3 Å². The SMILES string of the molecule is COc1cc2c(cc1OC)CN1C(=O)N(CCC(=O)NCCC(C)C)C(=O)C1C2. The van der Waals surface area contributed by atoms with E-state index in [1.54, 1.807) is 19.1 Å². The highest BCUT2D eigenvalue weighted by Crippen LogP contribution is 2.37. The van der Waals surface area contributed by atoms with Crippen LogP contribution in [0.4, 0.5) is 4.79 Å². The van der Waals surface area contributed by atoms with E-state index >= 15 is 0 Å². The molecule has 0 bridgehead atoms. The monoisotopic (exact) mass is 403 g/mol. The summed E-state index contributed by atoms with van der Waals surface area (Å²) in [6, 6.07) is 2.86. The van der Waals surface area contributed by atoms with Gasteiger partial charge in [0.15, 0.2) is 11.5 Å². The van der Waals surface area contributed by atoms with Gasteiger partial charge < -0.3 is 19.7 Å². The first kappa shape index (κ1) is 21.0. The van der Waals surface area contributed by atoms with Gasteiger partial charge >= 0.3 is 6.03 Å². The second-order valence-electron chi connectivity index (χ2n) is 7.88. The van der Waals surface area contributed by atoms with Crippen molar-refractivity contribution in [3.8, 4) is 11.5 Å². The van der Waals surface area contributed by atoms with Gasteiger partial charge in [0.05, 0.1) is 14.2 Å². The second kappa shape index (κ2) is 8.71. The molecule has 1 unspecified atom stereocenters. The number of rotatable bonds is 8. The van der Waals surface area contributed by atoms with E-state index in [1.165, 1.54) is 4.90 Å². The van der Waals surface area contributed by atoms with Gasteiger partial charge in [0.1, 0.15) is 6.04 Å². The summed E-state index contributed by atoms with van der Waals surface area (Å²) in [6.45, 7) is 5.22. The van der Waals surface area contributed by atoms with Crippen LogP contribution in [-0.2, 0) is 22.6 Å². The van der Waals surface area contributed by atoms with Gasteiger partial charge in [0.25, 0.3) is 5.91 Å². The van der Waals surface area contributed by atoms with Gasteiger partial charge in [-0.15, -0.1) is 0 Å². The van der Waals surface area contributed by atoms with Crippen LogP contribution in [0.1, 0.15) is 37.8 Å². The standard InChI is InChI=1S/C21H29N3O5/c1-13(2)5-7-22-19(25)6-8-23-20(26)16-9-14-10-17(28-3)18(29-4)11-15(14)12-24(16)21(23)27/h10-11,13,16H,5-9,12H2,1-4H3,(H,22,25). The van der Waals surface area contributed by atoms with Gasteiger partial charge in [-0.05, 0) is 35.6 Å². The maximum Gasteiger partial charge on any atom is 0.327 e. The Kier molecular flexibility index (Phi) is 6.30. The summed E-state index contributed by atoms with van der Waals surface area (Å²) in [5.41, 5.74) is 1.91. The van der Waals surface area contributed by atoms with E-state index in [1.807, 2.05) is 12.1 Å². The fraction of sp³-hybridized carbons (Fsp3) is 0.571. The smallest absolute Gasteiger partial charge is 0.327 e. The van der Waals surface area contributed by atoms with Gasteiger partial charge in [-0.3, -0.25) is 14.5 Å². The van der Waals surface area contributed by atoms with Gasteiger partial charge in [0.2, 0.25) is 5.91 Å². The first-order valence-electron chi connectivity index (χ1n) is 9.98. The van der Waals surface area contributed by atoms with Crippen LogP contribution in [-0.4, -0.2) is 61.0 Å². The molecule has 0 aromatic heterocycles. The van der Waals surface area contributed by atoms with Crippen molar-refractivity contribution < 1.29 is 23.9 Å². The largest absolute Gasteiger partial charge is 0.493 e. The zero-order valence-electron chi connectivity index (χ0n) is 17.5. The Balaban J connectivity index is 1.65. The number of ether oxygens (including phenoxy) is 2. The molecule has 8 heteroatoms. The summed E-state index contributed by atoms with van der Waals surface area (Å²) in [5.74, 6) is 1.31. The second-order valence-corrected chi connectivity index (χ2v) is 7.88. The van der Waals surface area contributed by atoms with Crippen LogP contribution in [0, 0.1) is 5.92 Å². The predicted octanol–water partition coefficient (Wildman–Crippen LogP) is 1.95. The average molecular weight is 403 g/mol. The Morgan fingerprint density at radius 3 is 2.45 bits per heavy atom. The molecule has 1 aromatic carbocycles. The van der Waals surface area contributed by atoms with E-state index in [2.05, 4.69) is 19.2 Å². The number of benzene rings is 1. The van der Waals surface area contributed by atoms with E-state index in [0.29, 0.717) is 36.9 Å². The molecular weight excluding hydrogens is 374 g/mol. The highest BCUT2D eigenvalue weighted by atomic mass is 16.5. The number of carbonyl (C=O) groups excluding carboxylic acids is 3. The number of hydrogen-bond acceptors (Lipinski definition) is 5. The quantitative estimate of drug-likeness (QED) is 0.670. The van der Waals surface area contributed by atoms with Crippen molar-refractivity contribution in [1.29, 1.82) is 0 Å². The number of carbonyl (C=O) groups is 3. The molecule has 1 N–H and O–H groups in total. The summed E-state index contributed by atoms with van der Waals surface area (Å²) < 4.78 is 10.7. The third-order valence-electron chi connectivity index (χ3n) is 5.47. The molecule has 4 amide bonds. The van der Waals surface area contributed by atoms with Crippen molar-refractivity contribution in [3.63, 3.8) is 0 Å². The number of methoxy groups -OCH3 is 2. The summed E-state index contributed by atoms with van der Waals surface area (Å²) >= 11 is 0. The van der Waals surface area contributed by atoms with Gasteiger partial charge in [-0.25, -0.2) is 4.79 Å². The third-order valence-corrected chi connectivity index (χ3v) is 5.47. The number of nitrogens with one attached hydrogen (secondary N) is 1. The van der Waals surface area contributed by atoms with E-state index in [9.17, 15) is 14.4 Å². The van der Waals surface area contributed by atoms with Gasteiger partial charge in [-0.1, -0.05) is 13.8 Å². The topological polar surface area (TPSA) is 88.2 Å². The fourth-order valence-corrected chi connectivity index (χ4v) is 3.77. The first-order chi connectivity index (χ1) is 13.8. The minimum absolute atomic E-state index is 0.0984. The minimum Gasteiger partial charge on any atom is -0.493 e. The van der Waals surface area contributed by atoms with Crippen LogP contribution in [0.2, 0.25) is 0 Å². The van der Waals surface area contributed by atoms with Crippen molar-refractivity contribution in [2.45, 2.75) is 45.7 Å². The molecule has 1 atom stereocenters. The van der Waals surface area contributed by atoms with Crippen LogP contribution in [0.5, 0.6) is 11.5 Å². The van der Waals surface area contributed by atoms with Crippen LogP contribution in [0.25, 0.3) is 0 Å². The van der Waals surface area contributed by atoms with E-state index in [0.717, 1.165) is 17.5 Å². The number of urea groups is 1. The van der Waals surface area contributed by atoms with Crippen LogP contribution >= 0.6 is 0 Å². The Labute approximate surface area is 171 Å². The highest BCUT2D eigenvalue weighted by molar-refractivity contribution is 6.04. The molecule has 1 fully saturated rings. The summed E-state index contributed by atoms with van der Waals surface area (Å²) in [6.07, 6.45) is 1.44. The van der Waals surface area contributed by atoms with Crippen molar-refractivity contribution >= 4 is 17.8 Å². The Hall–Kier alpha value is -2.77. The fourth-order valence-electron chi connectivity index (χ4n) is 3.77. The van der Waals surface area contributed by atoms with Crippen LogP contribution in [0.3, 0.4) is 0 Å². The van der Waals surface area contributed by atoms with Crippen molar-refractivity contribution in [1.82, 2.24) is 15.1 Å². The summed E-state index contributed by atoms with van der Waals surface area (Å²) in [4.78, 5) is 40.4. The van der Waals surface area contributed by atoms with Crippen molar-refractivity contribution in [2.24, 2.45) is 5.92 Å². The van der Waals surface area contributed by atoms with Crippen LogP contribution < -0.4 is 14.8 Å². The Morgan fingerprint density at radius 1 is 1.17 bits per heavy atom. The average Bonchev–Trinajstić information content (AvgIpc) is 2.92. The van der Waals surface area contributed by atoms with E-state index < -0.39 is 6.04 Å². The number of nitrogens with zero attached hydrogens (tertiary/aromatic N) is 2. The van der Waals surface area contributed by atoms with Crippen molar-refractivity contribution in [2.75, 3.05) is 27.3 Å². The Bertz CT molecular complexity index is 757. The van der Waals surface area contributed by atoms with Gasteiger partial charge in [-0.2, -0.15) is 0 Å². The molecule has 2 heterocycles. The molecule has 0 radical (unpaired) electrons. The maximum atomic E-state index is 12.8. The number of hydrogen-bond donors (Lipinski definition) is 1. The zero-order valence-corrected chi connectivity index (χ0v) is 17.5. The van der Waals surface area contributed by atoms with Crippen LogP contribution in [0.15, 0.2) is 12.1 Å². The molecule has 0 spiro atoms. The lowest BCUT2D eigenvalue weighted by Gasteiger charge is -2.29. The Morgan fingerprint density at radius 2 is 1.83 bits per heavy atom. The molecule has 158 valence electrons. The molecule has 1 saturated heterocycles. The maximum absolute atomic E-state index is 12.8. The molecule has 29 heavy (non-hydrogen) atoms.